The zero-order chi connectivity index (χ0) is 20.9. The third-order valence-corrected chi connectivity index (χ3v) is 4.99. The lowest BCUT2D eigenvalue weighted by Gasteiger charge is -2.10. The molecule has 4 aromatic rings. The second-order valence-corrected chi connectivity index (χ2v) is 7.14. The third-order valence-electron chi connectivity index (χ3n) is 4.99. The van der Waals surface area contributed by atoms with Crippen LogP contribution in [0.2, 0.25) is 0 Å². The SMILES string of the molecule is COc1cccc(C(=O)NCCCn2c(-c3ccc(C)cc3)nc3cccnc32)c1. The van der Waals surface area contributed by atoms with Crippen LogP contribution < -0.4 is 10.1 Å². The molecule has 6 nitrogen and oxygen atoms in total. The van der Waals surface area contributed by atoms with Gasteiger partial charge in [-0.15, -0.1) is 0 Å². The Labute approximate surface area is 175 Å². The first-order chi connectivity index (χ1) is 14.7. The standard InChI is InChI=1S/C24H24N4O2/c1-17-9-11-18(12-10-17)22-27-21-8-4-13-25-23(21)28(22)15-5-14-26-24(29)19-6-3-7-20(16-19)30-2/h3-4,6-13,16H,5,14-15H2,1-2H3,(H,26,29). The van der Waals surface area contributed by atoms with Crippen LogP contribution in [-0.2, 0) is 6.54 Å². The van der Waals surface area contributed by atoms with Crippen LogP contribution in [-0.4, -0.2) is 34.1 Å². The number of benzene rings is 2. The minimum atomic E-state index is -0.110. The molecular formula is C24H24N4O2. The molecule has 0 spiro atoms. The Morgan fingerprint density at radius 1 is 1.10 bits per heavy atom. The number of amides is 1. The second kappa shape index (κ2) is 8.78. The van der Waals surface area contributed by atoms with Crippen LogP contribution in [0, 0.1) is 6.92 Å². The summed E-state index contributed by atoms with van der Waals surface area (Å²) >= 11 is 0. The molecule has 152 valence electrons. The molecular weight excluding hydrogens is 376 g/mol. The van der Waals surface area contributed by atoms with Gasteiger partial charge >= 0.3 is 0 Å². The topological polar surface area (TPSA) is 69.0 Å². The van der Waals surface area contributed by atoms with E-state index in [1.165, 1.54) is 5.56 Å². The van der Waals surface area contributed by atoms with Crippen molar-refractivity contribution >= 4 is 17.1 Å². The van der Waals surface area contributed by atoms with Crippen molar-refractivity contribution in [1.29, 1.82) is 0 Å². The molecule has 0 atom stereocenters. The molecule has 0 unspecified atom stereocenters. The predicted octanol–water partition coefficient (Wildman–Crippen LogP) is 4.24. The maximum atomic E-state index is 12.4. The normalized spacial score (nSPS) is 10.9. The first-order valence-electron chi connectivity index (χ1n) is 9.96. The van der Waals surface area contributed by atoms with Crippen LogP contribution in [0.3, 0.4) is 0 Å². The Morgan fingerprint density at radius 3 is 2.73 bits per heavy atom. The minimum absolute atomic E-state index is 0.110. The molecule has 0 aliphatic heterocycles. The summed E-state index contributed by atoms with van der Waals surface area (Å²) in [5.41, 5.74) is 4.57. The van der Waals surface area contributed by atoms with Crippen molar-refractivity contribution in [1.82, 2.24) is 19.9 Å². The quantitative estimate of drug-likeness (QED) is 0.471. The summed E-state index contributed by atoms with van der Waals surface area (Å²) < 4.78 is 7.31. The molecule has 4 rings (SSSR count). The largest absolute Gasteiger partial charge is 0.497 e. The van der Waals surface area contributed by atoms with Gasteiger partial charge in [-0.3, -0.25) is 4.79 Å². The Kier molecular flexibility index (Phi) is 5.75. The van der Waals surface area contributed by atoms with E-state index in [2.05, 4.69) is 46.1 Å². The third kappa shape index (κ3) is 4.17. The van der Waals surface area contributed by atoms with Crippen LogP contribution in [0.1, 0.15) is 22.3 Å². The van der Waals surface area contributed by atoms with E-state index in [1.54, 1.807) is 25.4 Å². The number of carbonyl (C=O) groups is 1. The fourth-order valence-electron chi connectivity index (χ4n) is 3.40. The number of hydrogen-bond acceptors (Lipinski definition) is 4. The maximum absolute atomic E-state index is 12.4. The number of fused-ring (bicyclic) bond motifs is 1. The molecule has 0 saturated carbocycles. The summed E-state index contributed by atoms with van der Waals surface area (Å²) in [6.45, 7) is 3.32. The summed E-state index contributed by atoms with van der Waals surface area (Å²) in [5.74, 6) is 1.45. The summed E-state index contributed by atoms with van der Waals surface area (Å²) in [7, 11) is 1.59. The number of nitrogens with one attached hydrogen (secondary N) is 1. The van der Waals surface area contributed by atoms with Crippen LogP contribution in [0.25, 0.3) is 22.6 Å². The smallest absolute Gasteiger partial charge is 0.251 e. The molecule has 1 N–H and O–H groups in total. The van der Waals surface area contributed by atoms with Crippen LogP contribution in [0.15, 0.2) is 66.9 Å². The lowest BCUT2D eigenvalue weighted by molar-refractivity contribution is 0.0952. The maximum Gasteiger partial charge on any atom is 0.251 e. The molecule has 0 bridgehead atoms. The van der Waals surface area contributed by atoms with E-state index in [0.717, 1.165) is 29.0 Å². The van der Waals surface area contributed by atoms with Gasteiger partial charge in [-0.2, -0.15) is 0 Å². The van der Waals surface area contributed by atoms with Crippen LogP contribution in [0.5, 0.6) is 5.75 Å². The zero-order valence-corrected chi connectivity index (χ0v) is 17.1. The number of pyridine rings is 1. The van der Waals surface area contributed by atoms with Gasteiger partial charge in [-0.05, 0) is 43.7 Å². The highest BCUT2D eigenvalue weighted by molar-refractivity contribution is 5.94. The highest BCUT2D eigenvalue weighted by Gasteiger charge is 2.13. The van der Waals surface area contributed by atoms with Crippen molar-refractivity contribution in [2.75, 3.05) is 13.7 Å². The Morgan fingerprint density at radius 2 is 1.93 bits per heavy atom. The molecule has 30 heavy (non-hydrogen) atoms. The minimum Gasteiger partial charge on any atom is -0.497 e. The van der Waals surface area contributed by atoms with Gasteiger partial charge in [-0.1, -0.05) is 35.9 Å². The van der Waals surface area contributed by atoms with Gasteiger partial charge in [0.05, 0.1) is 7.11 Å². The van der Waals surface area contributed by atoms with Crippen molar-refractivity contribution in [3.63, 3.8) is 0 Å². The van der Waals surface area contributed by atoms with Crippen LogP contribution >= 0.6 is 0 Å². The molecule has 0 aliphatic carbocycles. The highest BCUT2D eigenvalue weighted by atomic mass is 16.5. The van der Waals surface area contributed by atoms with E-state index in [9.17, 15) is 4.79 Å². The van der Waals surface area contributed by atoms with E-state index in [1.807, 2.05) is 24.3 Å². The van der Waals surface area contributed by atoms with E-state index in [0.29, 0.717) is 24.4 Å². The van der Waals surface area contributed by atoms with Gasteiger partial charge in [0.1, 0.15) is 17.1 Å². The fourth-order valence-corrected chi connectivity index (χ4v) is 3.40. The average Bonchev–Trinajstić information content (AvgIpc) is 3.15. The van der Waals surface area contributed by atoms with Crippen LogP contribution in [0.4, 0.5) is 0 Å². The number of aromatic nitrogens is 3. The average molecular weight is 400 g/mol. The number of carbonyl (C=O) groups excluding carboxylic acids is 1. The number of ether oxygens (including phenoxy) is 1. The summed E-state index contributed by atoms with van der Waals surface area (Å²) in [6, 6.07) is 19.3. The lowest BCUT2D eigenvalue weighted by atomic mass is 10.1. The van der Waals surface area contributed by atoms with E-state index < -0.39 is 0 Å². The van der Waals surface area contributed by atoms with Crippen molar-refractivity contribution in [2.45, 2.75) is 19.9 Å². The molecule has 0 radical (unpaired) electrons. The number of rotatable bonds is 7. The van der Waals surface area contributed by atoms with Gasteiger partial charge in [0.25, 0.3) is 5.91 Å². The highest BCUT2D eigenvalue weighted by Crippen LogP contribution is 2.24. The summed E-state index contributed by atoms with van der Waals surface area (Å²) in [6.07, 6.45) is 2.54. The molecule has 0 fully saturated rings. The van der Waals surface area contributed by atoms with Gasteiger partial charge in [0.2, 0.25) is 0 Å². The Bertz CT molecular complexity index is 1170. The number of methoxy groups -OCH3 is 1. The van der Waals surface area contributed by atoms with E-state index >= 15 is 0 Å². The molecule has 6 heteroatoms. The van der Waals surface area contributed by atoms with Crippen molar-refractivity contribution < 1.29 is 9.53 Å². The van der Waals surface area contributed by atoms with Gasteiger partial charge in [-0.25, -0.2) is 9.97 Å². The predicted molar refractivity (Wildman–Crippen MR) is 118 cm³/mol. The van der Waals surface area contributed by atoms with Gasteiger partial charge in [0, 0.05) is 30.4 Å². The summed E-state index contributed by atoms with van der Waals surface area (Å²) in [5, 5.41) is 2.98. The number of imidazole rings is 1. The lowest BCUT2D eigenvalue weighted by Crippen LogP contribution is -2.25. The number of aryl methyl sites for hydroxylation is 2. The Hall–Kier alpha value is -3.67. The van der Waals surface area contributed by atoms with E-state index in [-0.39, 0.29) is 5.91 Å². The summed E-state index contributed by atoms with van der Waals surface area (Å²) in [4.78, 5) is 21.7. The molecule has 2 aromatic heterocycles. The fraction of sp³-hybridized carbons (Fsp3) is 0.208. The van der Waals surface area contributed by atoms with E-state index in [4.69, 9.17) is 9.72 Å². The zero-order valence-electron chi connectivity index (χ0n) is 17.1. The second-order valence-electron chi connectivity index (χ2n) is 7.14. The first-order valence-corrected chi connectivity index (χ1v) is 9.96. The molecule has 2 heterocycles. The monoisotopic (exact) mass is 400 g/mol. The van der Waals surface area contributed by atoms with Gasteiger partial charge in [0.15, 0.2) is 5.65 Å². The molecule has 0 aliphatic rings. The Balaban J connectivity index is 1.47. The number of hydrogen-bond donors (Lipinski definition) is 1. The molecule has 1 amide bonds. The van der Waals surface area contributed by atoms with Crippen molar-refractivity contribution in [3.8, 4) is 17.1 Å². The molecule has 2 aromatic carbocycles. The van der Waals surface area contributed by atoms with Crippen molar-refractivity contribution in [2.24, 2.45) is 0 Å². The van der Waals surface area contributed by atoms with Gasteiger partial charge < -0.3 is 14.6 Å². The number of nitrogens with zero attached hydrogens (tertiary/aromatic N) is 3. The van der Waals surface area contributed by atoms with Crippen molar-refractivity contribution in [3.05, 3.63) is 78.0 Å². The molecule has 0 saturated heterocycles. The first kappa shape index (κ1) is 19.6.